The van der Waals surface area contributed by atoms with E-state index in [-0.39, 0.29) is 0 Å². The minimum Gasteiger partial charge on any atom is -0.0941 e. The lowest BCUT2D eigenvalue weighted by Crippen LogP contribution is -2.21. The van der Waals surface area contributed by atoms with Gasteiger partial charge in [0.2, 0.25) is 0 Å². The highest BCUT2D eigenvalue weighted by atomic mass is 33.1. The summed E-state index contributed by atoms with van der Waals surface area (Å²) in [4.78, 5) is 0. The average Bonchev–Trinajstić information content (AvgIpc) is 2.25. The molecule has 4 heteroatoms. The Morgan fingerprint density at radius 2 is 1.67 bits per heavy atom. The van der Waals surface area contributed by atoms with Crippen molar-refractivity contribution in [3.63, 3.8) is 0 Å². The maximum Gasteiger partial charge on any atom is 0.0102 e. The van der Waals surface area contributed by atoms with E-state index in [0.29, 0.717) is 5.41 Å². The quantitative estimate of drug-likeness (QED) is 0.508. The molecular formula is C11H20S4. The van der Waals surface area contributed by atoms with Gasteiger partial charge in [0.15, 0.2) is 0 Å². The largest absolute Gasteiger partial charge is 0.0941 e. The van der Waals surface area contributed by atoms with Gasteiger partial charge in [0.1, 0.15) is 0 Å². The second-order valence-electron chi connectivity index (χ2n) is 4.11. The number of rotatable bonds is 2. The van der Waals surface area contributed by atoms with Crippen LogP contribution in [0.5, 0.6) is 0 Å². The molecule has 0 bridgehead atoms. The molecule has 0 aromatic carbocycles. The van der Waals surface area contributed by atoms with Crippen LogP contribution in [0, 0.1) is 5.41 Å². The van der Waals surface area contributed by atoms with Crippen molar-refractivity contribution >= 4 is 43.2 Å². The van der Waals surface area contributed by atoms with Crippen molar-refractivity contribution in [3.05, 3.63) is 12.2 Å². The third-order valence-electron chi connectivity index (χ3n) is 2.28. The first-order valence-corrected chi connectivity index (χ1v) is 10.3. The Kier molecular flexibility index (Phi) is 7.82. The van der Waals surface area contributed by atoms with Crippen molar-refractivity contribution < 1.29 is 0 Å². The molecule has 0 spiro atoms. The molecule has 1 fully saturated rings. The predicted octanol–water partition coefficient (Wildman–Crippen LogP) is 5.13. The first kappa shape index (κ1) is 14.2. The standard InChI is InChI=1S/C11H20S4/c1-3-4-6-11(2)9-14-12-7-5-8-13-15-10-11/h3-4H,5-10H2,1-2H3. The van der Waals surface area contributed by atoms with Gasteiger partial charge in [-0.05, 0) is 25.2 Å². The van der Waals surface area contributed by atoms with E-state index < -0.39 is 0 Å². The highest BCUT2D eigenvalue weighted by Gasteiger charge is 2.23. The molecule has 1 heterocycles. The molecule has 0 amide bonds. The summed E-state index contributed by atoms with van der Waals surface area (Å²) < 4.78 is 0. The fourth-order valence-electron chi connectivity index (χ4n) is 1.22. The van der Waals surface area contributed by atoms with Gasteiger partial charge in [-0.3, -0.25) is 0 Å². The lowest BCUT2D eigenvalue weighted by Gasteiger charge is -2.27. The van der Waals surface area contributed by atoms with Crippen molar-refractivity contribution in [1.82, 2.24) is 0 Å². The maximum atomic E-state index is 2.43. The van der Waals surface area contributed by atoms with E-state index in [1.54, 1.807) is 0 Å². The van der Waals surface area contributed by atoms with Gasteiger partial charge in [-0.15, -0.1) is 0 Å². The Bertz CT molecular complexity index is 181. The molecule has 88 valence electrons. The summed E-state index contributed by atoms with van der Waals surface area (Å²) in [5.74, 6) is 5.21. The Morgan fingerprint density at radius 1 is 1.07 bits per heavy atom. The van der Waals surface area contributed by atoms with Gasteiger partial charge in [-0.2, -0.15) is 0 Å². The highest BCUT2D eigenvalue weighted by Crippen LogP contribution is 2.40. The monoisotopic (exact) mass is 280 g/mol. The van der Waals surface area contributed by atoms with E-state index in [1.807, 2.05) is 0 Å². The van der Waals surface area contributed by atoms with E-state index in [4.69, 9.17) is 0 Å². The van der Waals surface area contributed by atoms with Gasteiger partial charge < -0.3 is 0 Å². The fraction of sp³-hybridized carbons (Fsp3) is 0.818. The van der Waals surface area contributed by atoms with Gasteiger partial charge in [0.25, 0.3) is 0 Å². The average molecular weight is 281 g/mol. The lowest BCUT2D eigenvalue weighted by atomic mass is 9.91. The van der Waals surface area contributed by atoms with Crippen LogP contribution in [-0.2, 0) is 0 Å². The van der Waals surface area contributed by atoms with Crippen LogP contribution in [0.4, 0.5) is 0 Å². The van der Waals surface area contributed by atoms with Crippen molar-refractivity contribution in [3.8, 4) is 0 Å². The van der Waals surface area contributed by atoms with Crippen LogP contribution in [0.1, 0.15) is 26.7 Å². The summed E-state index contributed by atoms with van der Waals surface area (Å²) in [7, 11) is 8.25. The lowest BCUT2D eigenvalue weighted by molar-refractivity contribution is 0.443. The van der Waals surface area contributed by atoms with Crippen molar-refractivity contribution in [2.45, 2.75) is 26.7 Å². The number of hydrogen-bond acceptors (Lipinski definition) is 4. The Balaban J connectivity index is 2.42. The molecule has 0 unspecified atom stereocenters. The highest BCUT2D eigenvalue weighted by molar-refractivity contribution is 8.77. The molecule has 1 rings (SSSR count). The molecule has 1 aliphatic heterocycles. The zero-order chi connectivity index (χ0) is 11.0. The second-order valence-corrected chi connectivity index (χ2v) is 9.27. The fourth-order valence-corrected chi connectivity index (χ4v) is 7.09. The predicted molar refractivity (Wildman–Crippen MR) is 82.0 cm³/mol. The first-order chi connectivity index (χ1) is 7.27. The van der Waals surface area contributed by atoms with Crippen LogP contribution >= 0.6 is 43.2 Å². The van der Waals surface area contributed by atoms with Crippen LogP contribution in [0.25, 0.3) is 0 Å². The SMILES string of the molecule is CC=CCC1(C)CSSCCCSSC1. The second kappa shape index (κ2) is 8.26. The minimum absolute atomic E-state index is 0.485. The molecule has 0 N–H and O–H groups in total. The van der Waals surface area contributed by atoms with Crippen LogP contribution < -0.4 is 0 Å². The maximum absolute atomic E-state index is 2.43. The number of allylic oxidation sites excluding steroid dienone is 2. The molecule has 0 radical (unpaired) electrons. The minimum atomic E-state index is 0.485. The summed E-state index contributed by atoms with van der Waals surface area (Å²) in [6.45, 7) is 4.54. The summed E-state index contributed by atoms with van der Waals surface area (Å²) >= 11 is 0. The van der Waals surface area contributed by atoms with Gasteiger partial charge in [-0.1, -0.05) is 62.3 Å². The van der Waals surface area contributed by atoms with Crippen LogP contribution in [0.2, 0.25) is 0 Å². The molecule has 0 aromatic rings. The molecular weight excluding hydrogens is 260 g/mol. The van der Waals surface area contributed by atoms with Crippen LogP contribution in [0.15, 0.2) is 12.2 Å². The zero-order valence-electron chi connectivity index (χ0n) is 9.53. The summed E-state index contributed by atoms with van der Waals surface area (Å²) in [5, 5.41) is 0. The van der Waals surface area contributed by atoms with Crippen LogP contribution in [0.3, 0.4) is 0 Å². The smallest absolute Gasteiger partial charge is 0.0102 e. The third-order valence-corrected chi connectivity index (χ3v) is 7.86. The normalized spacial score (nSPS) is 24.1. The van der Waals surface area contributed by atoms with Gasteiger partial charge in [0.05, 0.1) is 0 Å². The van der Waals surface area contributed by atoms with E-state index >= 15 is 0 Å². The molecule has 0 saturated carbocycles. The topological polar surface area (TPSA) is 0 Å². The molecule has 1 saturated heterocycles. The van der Waals surface area contributed by atoms with E-state index in [9.17, 15) is 0 Å². The Hall–Kier alpha value is 1.14. The zero-order valence-corrected chi connectivity index (χ0v) is 12.8. The molecule has 1 aliphatic rings. The van der Waals surface area contributed by atoms with Crippen molar-refractivity contribution in [2.75, 3.05) is 23.0 Å². The molecule has 0 atom stereocenters. The summed E-state index contributed by atoms with van der Waals surface area (Å²) in [6.07, 6.45) is 7.09. The van der Waals surface area contributed by atoms with Gasteiger partial charge in [0, 0.05) is 23.0 Å². The van der Waals surface area contributed by atoms with Crippen molar-refractivity contribution in [2.24, 2.45) is 5.41 Å². The number of hydrogen-bond donors (Lipinski definition) is 0. The van der Waals surface area contributed by atoms with E-state index in [1.165, 1.54) is 35.9 Å². The van der Waals surface area contributed by atoms with E-state index in [0.717, 1.165) is 0 Å². The van der Waals surface area contributed by atoms with Gasteiger partial charge >= 0.3 is 0 Å². The molecule has 0 aliphatic carbocycles. The Morgan fingerprint density at radius 3 is 2.20 bits per heavy atom. The third kappa shape index (κ3) is 6.44. The summed E-state index contributed by atoms with van der Waals surface area (Å²) in [5.41, 5.74) is 0.485. The van der Waals surface area contributed by atoms with Crippen molar-refractivity contribution in [1.29, 1.82) is 0 Å². The van der Waals surface area contributed by atoms with Gasteiger partial charge in [-0.25, -0.2) is 0 Å². The molecule has 0 nitrogen and oxygen atoms in total. The summed E-state index contributed by atoms with van der Waals surface area (Å²) in [6, 6.07) is 0. The first-order valence-electron chi connectivity index (χ1n) is 5.37. The van der Waals surface area contributed by atoms with Crippen LogP contribution in [-0.4, -0.2) is 23.0 Å². The molecule has 0 aromatic heterocycles. The Labute approximate surface area is 110 Å². The molecule has 15 heavy (non-hydrogen) atoms. The van der Waals surface area contributed by atoms with E-state index in [2.05, 4.69) is 69.2 Å².